The van der Waals surface area contributed by atoms with Crippen LogP contribution >= 0.6 is 0 Å². The zero-order chi connectivity index (χ0) is 11.1. The Labute approximate surface area is 92.5 Å². The van der Waals surface area contributed by atoms with Crippen molar-refractivity contribution in [2.75, 3.05) is 24.5 Å². The second-order valence-corrected chi connectivity index (χ2v) is 3.46. The molecule has 0 radical (unpaired) electrons. The van der Waals surface area contributed by atoms with Gasteiger partial charge in [0, 0.05) is 31.5 Å². The van der Waals surface area contributed by atoms with Crippen molar-refractivity contribution in [2.45, 2.75) is 27.3 Å². The monoisotopic (exact) mass is 207 g/mol. The van der Waals surface area contributed by atoms with Gasteiger partial charge in [0.15, 0.2) is 0 Å². The van der Waals surface area contributed by atoms with E-state index in [2.05, 4.69) is 48.1 Å². The maximum Gasteiger partial charge on any atom is 0.0562 e. The minimum Gasteiger partial charge on any atom is -0.372 e. The van der Waals surface area contributed by atoms with Crippen molar-refractivity contribution in [3.63, 3.8) is 0 Å². The topological polar surface area (TPSA) is 28.2 Å². The number of pyridine rings is 1. The quantitative estimate of drug-likeness (QED) is 0.773. The van der Waals surface area contributed by atoms with E-state index in [1.807, 2.05) is 6.20 Å². The average Bonchev–Trinajstić information content (AvgIpc) is 2.29. The first-order chi connectivity index (χ1) is 7.31. The molecule has 3 heteroatoms. The molecule has 0 saturated heterocycles. The van der Waals surface area contributed by atoms with Crippen LogP contribution in [-0.2, 0) is 6.54 Å². The summed E-state index contributed by atoms with van der Waals surface area (Å²) in [4.78, 5) is 6.67. The van der Waals surface area contributed by atoms with Crippen LogP contribution in [0.2, 0.25) is 0 Å². The van der Waals surface area contributed by atoms with Crippen molar-refractivity contribution >= 4 is 5.69 Å². The predicted octanol–water partition coefficient (Wildman–Crippen LogP) is 2.04. The van der Waals surface area contributed by atoms with Crippen molar-refractivity contribution in [3.05, 3.63) is 24.0 Å². The minimum absolute atomic E-state index is 0.853. The lowest BCUT2D eigenvalue weighted by Gasteiger charge is -2.21. The van der Waals surface area contributed by atoms with E-state index in [1.165, 1.54) is 5.69 Å². The molecule has 0 unspecified atom stereocenters. The van der Waals surface area contributed by atoms with Crippen LogP contribution in [-0.4, -0.2) is 24.6 Å². The number of anilines is 1. The number of nitrogens with zero attached hydrogens (tertiary/aromatic N) is 2. The maximum absolute atomic E-state index is 4.34. The first-order valence-electron chi connectivity index (χ1n) is 5.72. The van der Waals surface area contributed by atoms with Gasteiger partial charge in [-0.25, -0.2) is 0 Å². The Morgan fingerprint density at radius 2 is 2.00 bits per heavy atom. The van der Waals surface area contributed by atoms with E-state index in [4.69, 9.17) is 0 Å². The highest BCUT2D eigenvalue weighted by Crippen LogP contribution is 2.13. The SMILES string of the molecule is CCNCc1cc(N(CC)CC)ccn1. The van der Waals surface area contributed by atoms with Gasteiger partial charge < -0.3 is 10.2 Å². The summed E-state index contributed by atoms with van der Waals surface area (Å²) in [6.07, 6.45) is 1.89. The zero-order valence-corrected chi connectivity index (χ0v) is 9.95. The van der Waals surface area contributed by atoms with Crippen LogP contribution in [0.1, 0.15) is 26.5 Å². The van der Waals surface area contributed by atoms with Crippen LogP contribution in [0.5, 0.6) is 0 Å². The molecule has 0 amide bonds. The Bertz CT molecular complexity index is 282. The molecule has 0 aliphatic heterocycles. The van der Waals surface area contributed by atoms with E-state index in [1.54, 1.807) is 0 Å². The average molecular weight is 207 g/mol. The lowest BCUT2D eigenvalue weighted by molar-refractivity contribution is 0.709. The van der Waals surface area contributed by atoms with Gasteiger partial charge in [-0.05, 0) is 32.5 Å². The summed E-state index contributed by atoms with van der Waals surface area (Å²) < 4.78 is 0. The van der Waals surface area contributed by atoms with Crippen LogP contribution < -0.4 is 10.2 Å². The van der Waals surface area contributed by atoms with Crippen LogP contribution in [0, 0.1) is 0 Å². The normalized spacial score (nSPS) is 10.3. The Morgan fingerprint density at radius 1 is 1.27 bits per heavy atom. The summed E-state index contributed by atoms with van der Waals surface area (Å²) >= 11 is 0. The number of rotatable bonds is 6. The highest BCUT2D eigenvalue weighted by molar-refractivity contribution is 5.46. The smallest absolute Gasteiger partial charge is 0.0562 e. The third kappa shape index (κ3) is 3.51. The van der Waals surface area contributed by atoms with Crippen molar-refractivity contribution in [3.8, 4) is 0 Å². The number of hydrogen-bond donors (Lipinski definition) is 1. The maximum atomic E-state index is 4.34. The molecule has 0 atom stereocenters. The second kappa shape index (κ2) is 6.40. The Hall–Kier alpha value is -1.09. The molecule has 1 rings (SSSR count). The second-order valence-electron chi connectivity index (χ2n) is 3.46. The molecule has 1 N–H and O–H groups in total. The molecule has 0 fully saturated rings. The first kappa shape index (κ1) is 12.0. The van der Waals surface area contributed by atoms with Crippen LogP contribution in [0.25, 0.3) is 0 Å². The molecular formula is C12H21N3. The van der Waals surface area contributed by atoms with Gasteiger partial charge in [0.25, 0.3) is 0 Å². The first-order valence-corrected chi connectivity index (χ1v) is 5.72. The summed E-state index contributed by atoms with van der Waals surface area (Å²) in [5, 5.41) is 3.29. The van der Waals surface area contributed by atoms with Crippen LogP contribution in [0.4, 0.5) is 5.69 Å². The molecule has 0 aliphatic rings. The molecule has 1 aromatic rings. The fraction of sp³-hybridized carbons (Fsp3) is 0.583. The van der Waals surface area contributed by atoms with Crippen molar-refractivity contribution in [1.82, 2.24) is 10.3 Å². The molecule has 0 spiro atoms. The van der Waals surface area contributed by atoms with Gasteiger partial charge >= 0.3 is 0 Å². The Kier molecular flexibility index (Phi) is 5.12. The number of aromatic nitrogens is 1. The predicted molar refractivity (Wildman–Crippen MR) is 65.2 cm³/mol. The standard InChI is InChI=1S/C12H21N3/c1-4-13-10-11-9-12(7-8-14-11)15(5-2)6-3/h7-9,13H,4-6,10H2,1-3H3. The Balaban J connectivity index is 2.72. The fourth-order valence-corrected chi connectivity index (χ4v) is 1.60. The third-order valence-electron chi connectivity index (χ3n) is 2.48. The van der Waals surface area contributed by atoms with E-state index in [9.17, 15) is 0 Å². The summed E-state index contributed by atoms with van der Waals surface area (Å²) in [6.45, 7) is 10.4. The molecule has 1 aromatic heterocycles. The summed E-state index contributed by atoms with van der Waals surface area (Å²) in [5.74, 6) is 0. The van der Waals surface area contributed by atoms with E-state index in [-0.39, 0.29) is 0 Å². The summed E-state index contributed by atoms with van der Waals surface area (Å²) in [6, 6.07) is 4.23. The molecular weight excluding hydrogens is 186 g/mol. The molecule has 3 nitrogen and oxygen atoms in total. The summed E-state index contributed by atoms with van der Waals surface area (Å²) in [5.41, 5.74) is 2.38. The molecule has 84 valence electrons. The summed E-state index contributed by atoms with van der Waals surface area (Å²) in [7, 11) is 0. The van der Waals surface area contributed by atoms with Gasteiger partial charge in [0.2, 0.25) is 0 Å². The fourth-order valence-electron chi connectivity index (χ4n) is 1.60. The van der Waals surface area contributed by atoms with Crippen molar-refractivity contribution < 1.29 is 0 Å². The van der Waals surface area contributed by atoms with Gasteiger partial charge in [-0.2, -0.15) is 0 Å². The van der Waals surface area contributed by atoms with Gasteiger partial charge in [-0.1, -0.05) is 6.92 Å². The Morgan fingerprint density at radius 3 is 2.60 bits per heavy atom. The highest BCUT2D eigenvalue weighted by atomic mass is 15.1. The van der Waals surface area contributed by atoms with Gasteiger partial charge in [0.05, 0.1) is 5.69 Å². The minimum atomic E-state index is 0.853. The molecule has 0 bridgehead atoms. The molecule has 0 saturated carbocycles. The molecule has 0 aromatic carbocycles. The van der Waals surface area contributed by atoms with E-state index in [0.717, 1.165) is 31.9 Å². The highest BCUT2D eigenvalue weighted by Gasteiger charge is 2.02. The van der Waals surface area contributed by atoms with Crippen molar-refractivity contribution in [1.29, 1.82) is 0 Å². The number of nitrogens with one attached hydrogen (secondary N) is 1. The van der Waals surface area contributed by atoms with Crippen LogP contribution in [0.3, 0.4) is 0 Å². The van der Waals surface area contributed by atoms with E-state index < -0.39 is 0 Å². The molecule has 1 heterocycles. The molecule has 0 aliphatic carbocycles. The lowest BCUT2D eigenvalue weighted by atomic mass is 10.3. The van der Waals surface area contributed by atoms with E-state index >= 15 is 0 Å². The van der Waals surface area contributed by atoms with Crippen molar-refractivity contribution in [2.24, 2.45) is 0 Å². The zero-order valence-electron chi connectivity index (χ0n) is 9.95. The third-order valence-corrected chi connectivity index (χ3v) is 2.48. The van der Waals surface area contributed by atoms with Crippen LogP contribution in [0.15, 0.2) is 18.3 Å². The van der Waals surface area contributed by atoms with Gasteiger partial charge in [0.1, 0.15) is 0 Å². The molecule has 15 heavy (non-hydrogen) atoms. The van der Waals surface area contributed by atoms with Gasteiger partial charge in [-0.15, -0.1) is 0 Å². The lowest BCUT2D eigenvalue weighted by Crippen LogP contribution is -2.22. The largest absolute Gasteiger partial charge is 0.372 e. The van der Waals surface area contributed by atoms with E-state index in [0.29, 0.717) is 0 Å². The number of hydrogen-bond acceptors (Lipinski definition) is 3. The van der Waals surface area contributed by atoms with Gasteiger partial charge in [-0.3, -0.25) is 4.98 Å².